The molecule has 0 bridgehead atoms. The van der Waals surface area contributed by atoms with E-state index >= 15 is 0 Å². The summed E-state index contributed by atoms with van der Waals surface area (Å²) in [5.74, 6) is 0. The molecule has 0 aliphatic rings. The lowest BCUT2D eigenvalue weighted by atomic mass is 10.1. The molecular weight excluding hydrogens is 166 g/mol. The number of fused-ring (bicyclic) bond motifs is 1. The molecule has 2 N–H and O–H groups in total. The Labute approximate surface area is 75.5 Å². The molecule has 2 aromatic rings. The summed E-state index contributed by atoms with van der Waals surface area (Å²) in [7, 11) is 0. The second kappa shape index (κ2) is 3.10. The van der Waals surface area contributed by atoms with E-state index in [4.69, 9.17) is 5.73 Å². The normalized spacial score (nSPS) is 13.4. The van der Waals surface area contributed by atoms with Crippen LogP contribution in [0.2, 0.25) is 0 Å². The molecule has 0 aromatic carbocycles. The van der Waals surface area contributed by atoms with Crippen molar-refractivity contribution in [1.82, 2.24) is 20.0 Å². The quantitative estimate of drug-likeness (QED) is 0.701. The van der Waals surface area contributed by atoms with Crippen molar-refractivity contribution in [2.45, 2.75) is 19.4 Å². The van der Waals surface area contributed by atoms with Gasteiger partial charge >= 0.3 is 0 Å². The lowest BCUT2D eigenvalue weighted by molar-refractivity contribution is 0.728. The average Bonchev–Trinajstić information content (AvgIpc) is 2.49. The van der Waals surface area contributed by atoms with Crippen LogP contribution in [-0.2, 0) is 6.42 Å². The van der Waals surface area contributed by atoms with Gasteiger partial charge in [0.25, 0.3) is 0 Å². The summed E-state index contributed by atoms with van der Waals surface area (Å²) < 4.78 is 1.65. The fourth-order valence-electron chi connectivity index (χ4n) is 1.28. The van der Waals surface area contributed by atoms with Gasteiger partial charge in [-0.05, 0) is 35.4 Å². The van der Waals surface area contributed by atoms with Crippen molar-refractivity contribution in [3.05, 3.63) is 23.9 Å². The van der Waals surface area contributed by atoms with Gasteiger partial charge in [0.2, 0.25) is 0 Å². The number of aromatic nitrogens is 4. The van der Waals surface area contributed by atoms with Gasteiger partial charge in [-0.2, -0.15) is 0 Å². The molecule has 0 radical (unpaired) electrons. The second-order valence-corrected chi connectivity index (χ2v) is 3.20. The molecule has 0 amide bonds. The van der Waals surface area contributed by atoms with Crippen LogP contribution in [0.5, 0.6) is 0 Å². The summed E-state index contributed by atoms with van der Waals surface area (Å²) in [5, 5.41) is 11.2. The summed E-state index contributed by atoms with van der Waals surface area (Å²) in [5.41, 5.74) is 7.59. The standard InChI is InChI=1S/C8H11N5/c1-6(9)4-7-2-3-8-10-11-12-13(8)5-7/h2-3,5-6H,4,9H2,1H3. The molecule has 0 saturated heterocycles. The van der Waals surface area contributed by atoms with E-state index in [2.05, 4.69) is 15.5 Å². The molecule has 0 spiro atoms. The van der Waals surface area contributed by atoms with Crippen LogP contribution >= 0.6 is 0 Å². The maximum atomic E-state index is 5.68. The van der Waals surface area contributed by atoms with Crippen LogP contribution in [0.4, 0.5) is 0 Å². The molecular formula is C8H11N5. The predicted octanol–water partition coefficient (Wildman–Crippen LogP) is 0.0140. The molecule has 0 fully saturated rings. The van der Waals surface area contributed by atoms with Gasteiger partial charge in [0.15, 0.2) is 5.65 Å². The van der Waals surface area contributed by atoms with Crippen LogP contribution in [-0.4, -0.2) is 26.1 Å². The van der Waals surface area contributed by atoms with Crippen molar-refractivity contribution in [3.63, 3.8) is 0 Å². The zero-order valence-corrected chi connectivity index (χ0v) is 7.38. The van der Waals surface area contributed by atoms with E-state index in [-0.39, 0.29) is 6.04 Å². The zero-order chi connectivity index (χ0) is 9.26. The van der Waals surface area contributed by atoms with E-state index < -0.39 is 0 Å². The highest BCUT2D eigenvalue weighted by Gasteiger charge is 2.00. The van der Waals surface area contributed by atoms with E-state index in [9.17, 15) is 0 Å². The second-order valence-electron chi connectivity index (χ2n) is 3.20. The van der Waals surface area contributed by atoms with Crippen molar-refractivity contribution < 1.29 is 0 Å². The minimum absolute atomic E-state index is 0.161. The molecule has 1 unspecified atom stereocenters. The lowest BCUT2D eigenvalue weighted by Gasteiger charge is -2.03. The molecule has 5 nitrogen and oxygen atoms in total. The van der Waals surface area contributed by atoms with Gasteiger partial charge in [0.1, 0.15) is 0 Å². The van der Waals surface area contributed by atoms with Crippen LogP contribution in [0.15, 0.2) is 18.3 Å². The van der Waals surface area contributed by atoms with E-state index in [1.807, 2.05) is 25.3 Å². The topological polar surface area (TPSA) is 69.1 Å². The molecule has 2 aromatic heterocycles. The van der Waals surface area contributed by atoms with E-state index in [1.165, 1.54) is 0 Å². The van der Waals surface area contributed by atoms with Gasteiger partial charge < -0.3 is 5.73 Å². The number of nitrogens with two attached hydrogens (primary N) is 1. The van der Waals surface area contributed by atoms with Crippen LogP contribution in [0.1, 0.15) is 12.5 Å². The van der Waals surface area contributed by atoms with Crippen LogP contribution in [0, 0.1) is 0 Å². The minimum atomic E-state index is 0.161. The Bertz CT molecular complexity index is 406. The summed E-state index contributed by atoms with van der Waals surface area (Å²) in [4.78, 5) is 0. The molecule has 2 heterocycles. The molecule has 1 atom stereocenters. The Kier molecular flexibility index (Phi) is 1.94. The van der Waals surface area contributed by atoms with Crippen molar-refractivity contribution in [3.8, 4) is 0 Å². The van der Waals surface area contributed by atoms with Gasteiger partial charge in [0.05, 0.1) is 0 Å². The summed E-state index contributed by atoms with van der Waals surface area (Å²) >= 11 is 0. The van der Waals surface area contributed by atoms with Crippen LogP contribution in [0.3, 0.4) is 0 Å². The Hall–Kier alpha value is -1.49. The highest BCUT2D eigenvalue weighted by atomic mass is 15.5. The van der Waals surface area contributed by atoms with E-state index in [0.29, 0.717) is 0 Å². The third kappa shape index (κ3) is 1.65. The Morgan fingerprint density at radius 1 is 1.54 bits per heavy atom. The number of hydrogen-bond acceptors (Lipinski definition) is 4. The summed E-state index contributed by atoms with van der Waals surface area (Å²) in [6, 6.07) is 4.04. The van der Waals surface area contributed by atoms with Crippen LogP contribution < -0.4 is 5.73 Å². The number of rotatable bonds is 2. The van der Waals surface area contributed by atoms with E-state index in [0.717, 1.165) is 17.6 Å². The number of hydrogen-bond donors (Lipinski definition) is 1. The molecule has 0 aliphatic carbocycles. The van der Waals surface area contributed by atoms with Crippen LogP contribution in [0.25, 0.3) is 5.65 Å². The molecule has 13 heavy (non-hydrogen) atoms. The van der Waals surface area contributed by atoms with Gasteiger partial charge in [-0.1, -0.05) is 6.07 Å². The summed E-state index contributed by atoms with van der Waals surface area (Å²) in [6.07, 6.45) is 2.74. The van der Waals surface area contributed by atoms with Gasteiger partial charge in [-0.3, -0.25) is 0 Å². The lowest BCUT2D eigenvalue weighted by Crippen LogP contribution is -2.17. The third-order valence-electron chi connectivity index (χ3n) is 1.81. The smallest absolute Gasteiger partial charge is 0.179 e. The predicted molar refractivity (Wildman–Crippen MR) is 48.1 cm³/mol. The maximum absolute atomic E-state index is 5.68. The first-order valence-electron chi connectivity index (χ1n) is 4.18. The van der Waals surface area contributed by atoms with Crippen molar-refractivity contribution in [2.24, 2.45) is 5.73 Å². The first-order valence-corrected chi connectivity index (χ1v) is 4.18. The highest BCUT2D eigenvalue weighted by Crippen LogP contribution is 2.03. The molecule has 0 aliphatic heterocycles. The fourth-order valence-corrected chi connectivity index (χ4v) is 1.28. The highest BCUT2D eigenvalue weighted by molar-refractivity contribution is 5.36. The zero-order valence-electron chi connectivity index (χ0n) is 7.38. The fraction of sp³-hybridized carbons (Fsp3) is 0.375. The monoisotopic (exact) mass is 177 g/mol. The summed E-state index contributed by atoms with van der Waals surface area (Å²) in [6.45, 7) is 1.98. The molecule has 0 saturated carbocycles. The first-order chi connectivity index (χ1) is 6.25. The average molecular weight is 177 g/mol. The molecule has 2 rings (SSSR count). The molecule has 68 valence electrons. The Morgan fingerprint density at radius 2 is 2.38 bits per heavy atom. The first kappa shape index (κ1) is 8.12. The third-order valence-corrected chi connectivity index (χ3v) is 1.81. The molecule has 5 heteroatoms. The van der Waals surface area contributed by atoms with Crippen molar-refractivity contribution in [2.75, 3.05) is 0 Å². The Morgan fingerprint density at radius 3 is 3.15 bits per heavy atom. The minimum Gasteiger partial charge on any atom is -0.328 e. The Balaban J connectivity index is 2.37. The van der Waals surface area contributed by atoms with Crippen molar-refractivity contribution >= 4 is 5.65 Å². The van der Waals surface area contributed by atoms with Gasteiger partial charge in [0, 0.05) is 12.2 Å². The van der Waals surface area contributed by atoms with Gasteiger partial charge in [-0.25, -0.2) is 4.52 Å². The number of nitrogens with zero attached hydrogens (tertiary/aromatic N) is 4. The number of pyridine rings is 1. The largest absolute Gasteiger partial charge is 0.328 e. The van der Waals surface area contributed by atoms with Gasteiger partial charge in [-0.15, -0.1) is 5.10 Å². The van der Waals surface area contributed by atoms with Crippen molar-refractivity contribution in [1.29, 1.82) is 0 Å². The SMILES string of the molecule is CC(N)Cc1ccc2nnnn2c1. The maximum Gasteiger partial charge on any atom is 0.179 e. The van der Waals surface area contributed by atoms with E-state index in [1.54, 1.807) is 4.52 Å². The number of tetrazole rings is 1.